The predicted octanol–water partition coefficient (Wildman–Crippen LogP) is 5.38. The van der Waals surface area contributed by atoms with Crippen LogP contribution in [0.3, 0.4) is 0 Å². The van der Waals surface area contributed by atoms with E-state index in [0.29, 0.717) is 12.8 Å². The average Bonchev–Trinajstić information content (AvgIpc) is 2.28. The van der Waals surface area contributed by atoms with Crippen LogP contribution in [0.4, 0.5) is 0 Å². The van der Waals surface area contributed by atoms with Gasteiger partial charge in [-0.2, -0.15) is 0 Å². The molecule has 0 bridgehead atoms. The molecule has 2 saturated heterocycles. The van der Waals surface area contributed by atoms with E-state index in [1.165, 1.54) is 0 Å². The largest absolute Gasteiger partial charge is 0.481 e. The Bertz CT molecular complexity index is 563. The zero-order chi connectivity index (χ0) is 20.8. The standard InChI is InChI=1S/C21H36O4S2/c1-18(2)9-13(10-19(3,4)26-18)15(16(22)23)17(24)25-14-11-20(5,6)27-21(7,8)12-14/h13-15H,9-12H2,1-8H3,(H,22,23). The van der Waals surface area contributed by atoms with Gasteiger partial charge in [0.25, 0.3) is 0 Å². The molecule has 0 radical (unpaired) electrons. The molecule has 0 aromatic heterocycles. The van der Waals surface area contributed by atoms with Crippen LogP contribution in [0.15, 0.2) is 0 Å². The number of rotatable bonds is 4. The number of hydrogen-bond donors (Lipinski definition) is 1. The van der Waals surface area contributed by atoms with Gasteiger partial charge in [0.2, 0.25) is 0 Å². The first-order valence-electron chi connectivity index (χ1n) is 9.85. The number of thioether (sulfide) groups is 2. The third-order valence-corrected chi connectivity index (χ3v) is 8.20. The third-order valence-electron chi connectivity index (χ3n) is 5.33. The van der Waals surface area contributed by atoms with Crippen molar-refractivity contribution >= 4 is 35.5 Å². The molecule has 0 aromatic carbocycles. The Kier molecular flexibility index (Phi) is 6.35. The van der Waals surface area contributed by atoms with Gasteiger partial charge in [-0.3, -0.25) is 9.59 Å². The van der Waals surface area contributed by atoms with Crippen molar-refractivity contribution in [2.45, 2.75) is 106 Å². The Labute approximate surface area is 173 Å². The SMILES string of the molecule is CC1(C)CC(OC(=O)C(C(=O)O)C2CC(C)(C)SC(C)(C)C2)CC(C)(C)S1. The Morgan fingerprint density at radius 1 is 0.815 bits per heavy atom. The summed E-state index contributed by atoms with van der Waals surface area (Å²) in [5.41, 5.74) is 0. The van der Waals surface area contributed by atoms with Gasteiger partial charge in [0.1, 0.15) is 6.10 Å². The molecule has 2 heterocycles. The lowest BCUT2D eigenvalue weighted by Gasteiger charge is -2.46. The Morgan fingerprint density at radius 3 is 1.56 bits per heavy atom. The highest BCUT2D eigenvalue weighted by Crippen LogP contribution is 2.52. The summed E-state index contributed by atoms with van der Waals surface area (Å²) >= 11 is 3.79. The Hall–Kier alpha value is -0.360. The second-order valence-electron chi connectivity index (χ2n) is 10.7. The van der Waals surface area contributed by atoms with Crippen molar-refractivity contribution in [1.82, 2.24) is 0 Å². The highest BCUT2D eigenvalue weighted by molar-refractivity contribution is 8.02. The summed E-state index contributed by atoms with van der Waals surface area (Å²) in [5.74, 6) is -2.87. The minimum atomic E-state index is -1.08. The Balaban J connectivity index is 2.17. The molecule has 4 nitrogen and oxygen atoms in total. The number of carboxylic acids is 1. The number of carbonyl (C=O) groups is 2. The topological polar surface area (TPSA) is 63.6 Å². The van der Waals surface area contributed by atoms with E-state index < -0.39 is 17.9 Å². The van der Waals surface area contributed by atoms with E-state index in [0.717, 1.165) is 12.8 Å². The lowest BCUT2D eigenvalue weighted by molar-refractivity contribution is -0.166. The second-order valence-corrected chi connectivity index (χ2v) is 15.5. The van der Waals surface area contributed by atoms with Crippen LogP contribution in [-0.2, 0) is 14.3 Å². The highest BCUT2D eigenvalue weighted by Gasteiger charge is 2.48. The highest BCUT2D eigenvalue weighted by atomic mass is 32.2. The lowest BCUT2D eigenvalue weighted by Crippen LogP contribution is -2.46. The van der Waals surface area contributed by atoms with Crippen LogP contribution in [0.5, 0.6) is 0 Å². The quantitative estimate of drug-likeness (QED) is 0.490. The molecule has 2 aliphatic rings. The van der Waals surface area contributed by atoms with Crippen LogP contribution >= 0.6 is 23.5 Å². The van der Waals surface area contributed by atoms with Crippen molar-refractivity contribution in [3.05, 3.63) is 0 Å². The molecule has 2 rings (SSSR count). The maximum Gasteiger partial charge on any atom is 0.320 e. The van der Waals surface area contributed by atoms with E-state index in [4.69, 9.17) is 4.74 Å². The molecule has 0 saturated carbocycles. The first-order valence-corrected chi connectivity index (χ1v) is 11.5. The molecule has 0 amide bonds. The maximum absolute atomic E-state index is 13.0. The van der Waals surface area contributed by atoms with Crippen LogP contribution < -0.4 is 0 Å². The van der Waals surface area contributed by atoms with Crippen LogP contribution in [0, 0.1) is 11.8 Å². The van der Waals surface area contributed by atoms with Gasteiger partial charge in [-0.05, 0) is 31.6 Å². The van der Waals surface area contributed by atoms with Crippen molar-refractivity contribution in [1.29, 1.82) is 0 Å². The van der Waals surface area contributed by atoms with Crippen LogP contribution in [0.1, 0.15) is 81.1 Å². The summed E-state index contributed by atoms with van der Waals surface area (Å²) in [5, 5.41) is 9.86. The van der Waals surface area contributed by atoms with E-state index in [1.807, 2.05) is 23.5 Å². The molecule has 2 aliphatic heterocycles. The van der Waals surface area contributed by atoms with Gasteiger partial charge in [0.15, 0.2) is 5.92 Å². The summed E-state index contributed by atoms with van der Waals surface area (Å²) in [6.07, 6.45) is 2.73. The molecule has 1 atom stereocenters. The maximum atomic E-state index is 13.0. The van der Waals surface area contributed by atoms with Gasteiger partial charge in [0.05, 0.1) is 0 Å². The van der Waals surface area contributed by atoms with Gasteiger partial charge in [-0.25, -0.2) is 0 Å². The van der Waals surface area contributed by atoms with Crippen molar-refractivity contribution < 1.29 is 19.4 Å². The van der Waals surface area contributed by atoms with Crippen LogP contribution in [-0.4, -0.2) is 42.1 Å². The first kappa shape index (κ1) is 22.9. The van der Waals surface area contributed by atoms with Crippen LogP contribution in [0.25, 0.3) is 0 Å². The zero-order valence-corrected chi connectivity index (χ0v) is 19.7. The zero-order valence-electron chi connectivity index (χ0n) is 18.0. The number of esters is 1. The van der Waals surface area contributed by atoms with E-state index in [2.05, 4.69) is 55.4 Å². The average molecular weight is 417 g/mol. The molecular formula is C21H36O4S2. The fraction of sp³-hybridized carbons (Fsp3) is 0.905. The molecule has 1 unspecified atom stereocenters. The Morgan fingerprint density at radius 2 is 1.19 bits per heavy atom. The van der Waals surface area contributed by atoms with Gasteiger partial charge < -0.3 is 9.84 Å². The molecule has 2 fully saturated rings. The minimum absolute atomic E-state index is 0.0108. The number of hydrogen-bond acceptors (Lipinski definition) is 5. The van der Waals surface area contributed by atoms with Crippen LogP contribution in [0.2, 0.25) is 0 Å². The number of carbonyl (C=O) groups excluding carboxylic acids is 1. The molecular weight excluding hydrogens is 380 g/mol. The predicted molar refractivity (Wildman–Crippen MR) is 114 cm³/mol. The van der Waals surface area contributed by atoms with E-state index >= 15 is 0 Å². The fourth-order valence-electron chi connectivity index (χ4n) is 5.22. The number of carboxylic acid groups (broad SMARTS) is 1. The monoisotopic (exact) mass is 416 g/mol. The molecule has 6 heteroatoms. The molecule has 0 spiro atoms. The van der Waals surface area contributed by atoms with Crippen molar-refractivity contribution in [3.8, 4) is 0 Å². The van der Waals surface area contributed by atoms with Gasteiger partial charge in [-0.15, -0.1) is 23.5 Å². The summed E-state index contributed by atoms with van der Waals surface area (Å²) in [6, 6.07) is 0. The van der Waals surface area contributed by atoms with E-state index in [1.54, 1.807) is 0 Å². The van der Waals surface area contributed by atoms with Crippen molar-refractivity contribution in [2.75, 3.05) is 0 Å². The third kappa shape index (κ3) is 6.31. The van der Waals surface area contributed by atoms with Gasteiger partial charge in [-0.1, -0.05) is 55.4 Å². The normalized spacial score (nSPS) is 28.3. The first-order chi connectivity index (χ1) is 12.0. The van der Waals surface area contributed by atoms with Crippen molar-refractivity contribution in [2.24, 2.45) is 11.8 Å². The molecule has 27 heavy (non-hydrogen) atoms. The summed E-state index contributed by atoms with van der Waals surface area (Å²) in [6.45, 7) is 17.2. The van der Waals surface area contributed by atoms with Crippen molar-refractivity contribution in [3.63, 3.8) is 0 Å². The van der Waals surface area contributed by atoms with E-state index in [-0.39, 0.29) is 31.0 Å². The molecule has 0 aliphatic carbocycles. The summed E-state index contributed by atoms with van der Waals surface area (Å²) in [7, 11) is 0. The summed E-state index contributed by atoms with van der Waals surface area (Å²) in [4.78, 5) is 25.0. The van der Waals surface area contributed by atoms with E-state index in [9.17, 15) is 14.7 Å². The number of aliphatic carboxylic acids is 1. The minimum Gasteiger partial charge on any atom is -0.481 e. The van der Waals surface area contributed by atoms with Gasteiger partial charge in [0, 0.05) is 19.0 Å². The number of ether oxygens (including phenoxy) is 1. The molecule has 156 valence electrons. The van der Waals surface area contributed by atoms with Gasteiger partial charge >= 0.3 is 11.9 Å². The molecule has 1 N–H and O–H groups in total. The fourth-order valence-corrected chi connectivity index (χ4v) is 9.34. The summed E-state index contributed by atoms with van der Waals surface area (Å²) < 4.78 is 5.76. The molecule has 0 aromatic rings. The second kappa shape index (κ2) is 7.47. The lowest BCUT2D eigenvalue weighted by atomic mass is 9.78. The smallest absolute Gasteiger partial charge is 0.320 e.